The van der Waals surface area contributed by atoms with Crippen LogP contribution in [0.4, 0.5) is 0 Å². The maximum absolute atomic E-state index is 13.5. The second-order valence-electron chi connectivity index (χ2n) is 11.6. The second kappa shape index (κ2) is 18.4. The predicted molar refractivity (Wildman–Crippen MR) is 185 cm³/mol. The van der Waals surface area contributed by atoms with Gasteiger partial charge in [0.15, 0.2) is 0 Å². The van der Waals surface area contributed by atoms with Crippen molar-refractivity contribution in [3.8, 4) is 11.5 Å². The summed E-state index contributed by atoms with van der Waals surface area (Å²) in [5.41, 5.74) is 3.49. The molecule has 0 unspecified atom stereocenters. The molecule has 0 aliphatic rings. The number of nitrogens with zero attached hydrogens (tertiary/aromatic N) is 1. The number of methoxy groups -OCH3 is 2. The zero-order valence-corrected chi connectivity index (χ0v) is 27.8. The molecule has 0 bridgehead atoms. The van der Waals surface area contributed by atoms with Crippen LogP contribution in [-0.2, 0) is 27.1 Å². The maximum atomic E-state index is 13.5. The summed E-state index contributed by atoms with van der Waals surface area (Å²) >= 11 is 0. The van der Waals surface area contributed by atoms with Crippen LogP contribution >= 0.6 is 0 Å². The molecular formula is C38H49NO5S. The Kier molecular flexibility index (Phi) is 14.1. The van der Waals surface area contributed by atoms with Crippen molar-refractivity contribution >= 4 is 27.0 Å². The van der Waals surface area contributed by atoms with Gasteiger partial charge < -0.3 is 14.2 Å². The maximum Gasteiger partial charge on any atom is 0.243 e. The molecule has 0 atom stereocenters. The zero-order chi connectivity index (χ0) is 31.7. The number of fused-ring (bicyclic) bond motifs is 1. The largest absolute Gasteiger partial charge is 0.497 e. The lowest BCUT2D eigenvalue weighted by Gasteiger charge is -2.09. The van der Waals surface area contributed by atoms with Crippen molar-refractivity contribution in [2.24, 2.45) is 0 Å². The lowest BCUT2D eigenvalue weighted by molar-refractivity contribution is 0.116. The third-order valence-electron chi connectivity index (χ3n) is 8.13. The summed E-state index contributed by atoms with van der Waals surface area (Å²) in [5, 5.41) is 0.864. The topological polar surface area (TPSA) is 66.8 Å². The van der Waals surface area contributed by atoms with E-state index in [1.807, 2.05) is 24.3 Å². The fraction of sp³-hybridized carbons (Fsp3) is 0.421. The summed E-state index contributed by atoms with van der Waals surface area (Å²) in [4.78, 5) is 0. The van der Waals surface area contributed by atoms with E-state index in [2.05, 4.69) is 30.3 Å². The molecule has 6 nitrogen and oxygen atoms in total. The molecule has 1 aromatic heterocycles. The molecule has 0 spiro atoms. The van der Waals surface area contributed by atoms with Gasteiger partial charge in [-0.2, -0.15) is 0 Å². The molecule has 0 aliphatic carbocycles. The van der Waals surface area contributed by atoms with E-state index < -0.39 is 10.0 Å². The molecule has 0 N–H and O–H groups in total. The quantitative estimate of drug-likeness (QED) is 0.0857. The van der Waals surface area contributed by atoms with E-state index in [4.69, 9.17) is 14.2 Å². The van der Waals surface area contributed by atoms with Crippen LogP contribution in [-0.4, -0.2) is 33.2 Å². The van der Waals surface area contributed by atoms with Crippen LogP contribution in [0, 0.1) is 0 Å². The minimum atomic E-state index is -3.63. The van der Waals surface area contributed by atoms with Crippen molar-refractivity contribution < 1.29 is 22.6 Å². The van der Waals surface area contributed by atoms with Gasteiger partial charge in [-0.05, 0) is 60.7 Å². The van der Waals surface area contributed by atoms with Gasteiger partial charge in [0.05, 0.1) is 32.1 Å². The Balaban J connectivity index is 1.14. The van der Waals surface area contributed by atoms with Crippen LogP contribution in [0.2, 0.25) is 0 Å². The number of benzene rings is 3. The summed E-state index contributed by atoms with van der Waals surface area (Å²) in [7, 11) is -0.414. The first kappa shape index (κ1) is 34.3. The van der Waals surface area contributed by atoms with Gasteiger partial charge >= 0.3 is 0 Å². The monoisotopic (exact) mass is 631 g/mol. The minimum absolute atomic E-state index is 0.0971. The number of ether oxygens (including phenoxy) is 3. The normalized spacial score (nSPS) is 11.9. The van der Waals surface area contributed by atoms with Gasteiger partial charge in [-0.15, -0.1) is 0 Å². The summed E-state index contributed by atoms with van der Waals surface area (Å²) in [5.74, 6) is 1.31. The lowest BCUT2D eigenvalue weighted by Crippen LogP contribution is -2.14. The van der Waals surface area contributed by atoms with Crippen molar-refractivity contribution in [2.45, 2.75) is 83.0 Å². The Morgan fingerprint density at radius 3 is 1.98 bits per heavy atom. The molecule has 45 heavy (non-hydrogen) atoms. The highest BCUT2D eigenvalue weighted by Gasteiger charge is 2.19. The molecule has 0 fully saturated rings. The van der Waals surface area contributed by atoms with E-state index in [1.165, 1.54) is 60.9 Å². The van der Waals surface area contributed by atoms with E-state index >= 15 is 0 Å². The molecular weight excluding hydrogens is 582 g/mol. The summed E-state index contributed by atoms with van der Waals surface area (Å²) in [6.07, 6.45) is 19.5. The third kappa shape index (κ3) is 11.1. The first-order valence-corrected chi connectivity index (χ1v) is 17.9. The van der Waals surface area contributed by atoms with E-state index in [9.17, 15) is 8.42 Å². The van der Waals surface area contributed by atoms with E-state index in [0.29, 0.717) is 29.2 Å². The minimum Gasteiger partial charge on any atom is -0.497 e. The standard InChI is InChI=1S/C38H49NO5S/c1-42-35-23-21-33(22-24-35)31-45(40,41)39-29-34(37-28-36(43-2)25-26-38(37)39)20-16-11-9-7-5-3-4-6-8-10-12-17-27-44-30-32-18-14-13-15-19-32/h13-16,18-26,28-29H,3-12,17,27,30-31H2,1-2H3. The second-order valence-corrected chi connectivity index (χ2v) is 13.5. The molecule has 4 rings (SSSR count). The van der Waals surface area contributed by atoms with Crippen molar-refractivity contribution in [2.75, 3.05) is 20.8 Å². The Morgan fingerprint density at radius 2 is 1.31 bits per heavy atom. The van der Waals surface area contributed by atoms with Crippen molar-refractivity contribution in [1.29, 1.82) is 0 Å². The van der Waals surface area contributed by atoms with Crippen molar-refractivity contribution in [3.63, 3.8) is 0 Å². The van der Waals surface area contributed by atoms with E-state index in [1.54, 1.807) is 50.7 Å². The number of rotatable bonds is 21. The Labute approximate surface area is 270 Å². The predicted octanol–water partition coefficient (Wildman–Crippen LogP) is 9.56. The fourth-order valence-corrected chi connectivity index (χ4v) is 7.04. The Hall–Kier alpha value is -3.55. The average Bonchev–Trinajstić information content (AvgIpc) is 3.44. The van der Waals surface area contributed by atoms with Crippen LogP contribution in [0.25, 0.3) is 17.0 Å². The number of allylic oxidation sites excluding steroid dienone is 1. The Morgan fingerprint density at radius 1 is 0.689 bits per heavy atom. The highest BCUT2D eigenvalue weighted by atomic mass is 32.2. The summed E-state index contributed by atoms with van der Waals surface area (Å²) in [6.45, 7) is 1.57. The van der Waals surface area contributed by atoms with Gasteiger partial charge in [-0.25, -0.2) is 12.4 Å². The molecule has 4 aromatic rings. The third-order valence-corrected chi connectivity index (χ3v) is 9.73. The van der Waals surface area contributed by atoms with Crippen LogP contribution in [0.1, 0.15) is 87.3 Å². The van der Waals surface area contributed by atoms with Crippen LogP contribution in [0.5, 0.6) is 11.5 Å². The summed E-state index contributed by atoms with van der Waals surface area (Å²) < 4.78 is 44.8. The van der Waals surface area contributed by atoms with Gasteiger partial charge in [-0.1, -0.05) is 106 Å². The molecule has 242 valence electrons. The highest BCUT2D eigenvalue weighted by Crippen LogP contribution is 2.29. The SMILES string of the molecule is COc1ccc(CS(=O)(=O)n2cc(C=CCCCCCCCCCCCCOCc3ccccc3)c3cc(OC)ccc32)cc1. The average molecular weight is 632 g/mol. The molecule has 0 radical (unpaired) electrons. The number of aromatic nitrogens is 1. The molecule has 0 saturated heterocycles. The first-order chi connectivity index (χ1) is 22.0. The number of unbranched alkanes of at least 4 members (excludes halogenated alkanes) is 10. The molecule has 0 amide bonds. The molecule has 3 aromatic carbocycles. The number of hydrogen-bond donors (Lipinski definition) is 0. The van der Waals surface area contributed by atoms with Gasteiger partial charge in [0.25, 0.3) is 0 Å². The smallest absolute Gasteiger partial charge is 0.243 e. The zero-order valence-electron chi connectivity index (χ0n) is 27.0. The lowest BCUT2D eigenvalue weighted by atomic mass is 10.1. The highest BCUT2D eigenvalue weighted by molar-refractivity contribution is 7.89. The van der Waals surface area contributed by atoms with E-state index in [-0.39, 0.29) is 5.75 Å². The van der Waals surface area contributed by atoms with Gasteiger partial charge in [0.1, 0.15) is 11.5 Å². The number of hydrogen-bond acceptors (Lipinski definition) is 5. The van der Waals surface area contributed by atoms with Crippen LogP contribution in [0.3, 0.4) is 0 Å². The molecule has 7 heteroatoms. The van der Waals surface area contributed by atoms with Crippen LogP contribution < -0.4 is 9.47 Å². The van der Waals surface area contributed by atoms with Gasteiger partial charge in [0, 0.05) is 23.8 Å². The molecule has 0 saturated carbocycles. The van der Waals surface area contributed by atoms with Crippen molar-refractivity contribution in [3.05, 3.63) is 102 Å². The molecule has 0 aliphatic heterocycles. The van der Waals surface area contributed by atoms with Gasteiger partial charge in [-0.3, -0.25) is 0 Å². The fourth-order valence-electron chi connectivity index (χ4n) is 5.55. The Bertz CT molecular complexity index is 1560. The molecule has 1 heterocycles. The van der Waals surface area contributed by atoms with Crippen molar-refractivity contribution in [1.82, 2.24) is 3.97 Å². The van der Waals surface area contributed by atoms with Crippen LogP contribution in [0.15, 0.2) is 85.1 Å². The first-order valence-electron chi connectivity index (χ1n) is 16.3. The van der Waals surface area contributed by atoms with Gasteiger partial charge in [0.2, 0.25) is 10.0 Å². The van der Waals surface area contributed by atoms with E-state index in [0.717, 1.165) is 36.8 Å². The summed E-state index contributed by atoms with van der Waals surface area (Å²) in [6, 6.07) is 23.0.